The minimum absolute atomic E-state index is 0.286. The zero-order valence-corrected chi connectivity index (χ0v) is 20.8. The molecule has 3 N–H and O–H groups in total. The predicted molar refractivity (Wildman–Crippen MR) is 149 cm³/mol. The van der Waals surface area contributed by atoms with Crippen molar-refractivity contribution in [2.45, 2.75) is 20.3 Å². The Bertz CT molecular complexity index is 1700. The van der Waals surface area contributed by atoms with E-state index in [0.717, 1.165) is 73.4 Å². The maximum absolute atomic E-state index is 13.9. The molecule has 37 heavy (non-hydrogen) atoms. The third-order valence-electron chi connectivity index (χ3n) is 6.27. The van der Waals surface area contributed by atoms with Crippen molar-refractivity contribution >= 4 is 27.4 Å². The fourth-order valence-corrected chi connectivity index (χ4v) is 4.26. The smallest absolute Gasteiger partial charge is 0.123 e. The van der Waals surface area contributed by atoms with Crippen LogP contribution in [0.25, 0.3) is 49.9 Å². The normalized spacial score (nSPS) is 12.3. The number of rotatable bonds is 8. The Hall–Kier alpha value is -4.78. The highest BCUT2D eigenvalue weighted by atomic mass is 19.1. The van der Waals surface area contributed by atoms with Crippen LogP contribution in [-0.2, 0) is 0 Å². The van der Waals surface area contributed by atoms with E-state index in [1.54, 1.807) is 30.7 Å². The lowest BCUT2D eigenvalue weighted by molar-refractivity contribution is 0.628. The van der Waals surface area contributed by atoms with E-state index in [9.17, 15) is 4.39 Å². The molecular formula is C30H27FN6. The van der Waals surface area contributed by atoms with Crippen molar-refractivity contribution in [1.82, 2.24) is 30.5 Å². The van der Waals surface area contributed by atoms with Gasteiger partial charge in [0.2, 0.25) is 0 Å². The molecule has 0 amide bonds. The number of pyridine rings is 2. The fraction of sp³-hybridized carbons (Fsp3) is 0.100. The van der Waals surface area contributed by atoms with Crippen LogP contribution >= 0.6 is 0 Å². The maximum atomic E-state index is 13.9. The zero-order chi connectivity index (χ0) is 25.9. The van der Waals surface area contributed by atoms with Gasteiger partial charge in [-0.2, -0.15) is 5.10 Å². The first-order chi connectivity index (χ1) is 18.0. The molecule has 5 rings (SSSR count). The van der Waals surface area contributed by atoms with Crippen molar-refractivity contribution in [3.8, 4) is 22.5 Å². The summed E-state index contributed by atoms with van der Waals surface area (Å²) in [6.07, 6.45) is 11.9. The molecule has 7 heteroatoms. The van der Waals surface area contributed by atoms with Gasteiger partial charge in [-0.1, -0.05) is 38.3 Å². The zero-order valence-electron chi connectivity index (χ0n) is 20.8. The lowest BCUT2D eigenvalue weighted by Crippen LogP contribution is -2.09. The molecular weight excluding hydrogens is 463 g/mol. The van der Waals surface area contributed by atoms with Crippen LogP contribution in [0.4, 0.5) is 4.39 Å². The molecule has 0 spiro atoms. The van der Waals surface area contributed by atoms with Crippen LogP contribution in [0.15, 0.2) is 97.8 Å². The number of benzene rings is 1. The summed E-state index contributed by atoms with van der Waals surface area (Å²) in [6.45, 7) is 12.0. The molecule has 0 bridgehead atoms. The van der Waals surface area contributed by atoms with Crippen LogP contribution < -0.4 is 5.32 Å². The standard InChI is InChI=1S/C30H27FN6/c1-5-18(4)34-22(7-3)12-19(6-2)26-14-24-29(17-33-26)36-37-30(24)27-13-23-25(15-32-16-28(23)35-27)20-9-8-10-21(31)11-20/h6-17,34-35H,3-5H2,1-2H3,(H,36,37)/b19-6+,22-12+. The van der Waals surface area contributed by atoms with Gasteiger partial charge in [-0.25, -0.2) is 4.39 Å². The Kier molecular flexibility index (Phi) is 6.51. The molecule has 4 heterocycles. The summed E-state index contributed by atoms with van der Waals surface area (Å²) in [5.41, 5.74) is 8.38. The van der Waals surface area contributed by atoms with E-state index in [0.29, 0.717) is 0 Å². The van der Waals surface area contributed by atoms with Crippen LogP contribution in [0, 0.1) is 5.82 Å². The summed E-state index contributed by atoms with van der Waals surface area (Å²) in [5.74, 6) is -0.286. The lowest BCUT2D eigenvalue weighted by Gasteiger charge is -2.10. The van der Waals surface area contributed by atoms with Gasteiger partial charge in [0, 0.05) is 33.9 Å². The van der Waals surface area contributed by atoms with E-state index in [1.807, 2.05) is 44.2 Å². The first-order valence-corrected chi connectivity index (χ1v) is 12.0. The molecule has 0 saturated heterocycles. The second-order valence-electron chi connectivity index (χ2n) is 8.66. The SMILES string of the molecule is C=C/C(=C\C(=C/C)c1cc2c(-c3cc4c(-c5cccc(F)c5)cncc4[nH]3)n[nH]c2cn1)NC(=C)CC. The topological polar surface area (TPSA) is 82.3 Å². The molecule has 0 aliphatic carbocycles. The molecule has 0 saturated carbocycles. The van der Waals surface area contributed by atoms with Gasteiger partial charge < -0.3 is 10.3 Å². The first-order valence-electron chi connectivity index (χ1n) is 12.0. The van der Waals surface area contributed by atoms with Crippen LogP contribution in [-0.4, -0.2) is 25.1 Å². The van der Waals surface area contributed by atoms with Crippen molar-refractivity contribution in [3.05, 3.63) is 109 Å². The van der Waals surface area contributed by atoms with Gasteiger partial charge >= 0.3 is 0 Å². The number of halogens is 1. The third kappa shape index (κ3) is 4.71. The van der Waals surface area contributed by atoms with Crippen LogP contribution in [0.3, 0.4) is 0 Å². The minimum Gasteiger partial charge on any atom is -0.359 e. The molecule has 184 valence electrons. The van der Waals surface area contributed by atoms with Crippen molar-refractivity contribution in [1.29, 1.82) is 0 Å². The highest BCUT2D eigenvalue weighted by Gasteiger charge is 2.15. The van der Waals surface area contributed by atoms with Crippen molar-refractivity contribution in [3.63, 3.8) is 0 Å². The van der Waals surface area contributed by atoms with E-state index >= 15 is 0 Å². The van der Waals surface area contributed by atoms with E-state index in [1.165, 1.54) is 12.1 Å². The number of allylic oxidation sites excluding steroid dienone is 5. The number of aromatic nitrogens is 5. The highest BCUT2D eigenvalue weighted by molar-refractivity contribution is 6.01. The Morgan fingerprint density at radius 1 is 1.11 bits per heavy atom. The molecule has 0 unspecified atom stereocenters. The minimum atomic E-state index is -0.286. The average Bonchev–Trinajstić information content (AvgIpc) is 3.54. The number of hydrogen-bond donors (Lipinski definition) is 3. The molecule has 1 aromatic carbocycles. The Morgan fingerprint density at radius 3 is 2.73 bits per heavy atom. The number of H-pyrrole nitrogens is 2. The molecule has 5 aromatic rings. The van der Waals surface area contributed by atoms with E-state index < -0.39 is 0 Å². The van der Waals surface area contributed by atoms with Crippen LogP contribution in [0.5, 0.6) is 0 Å². The first kappa shape index (κ1) is 23.9. The summed E-state index contributed by atoms with van der Waals surface area (Å²) in [4.78, 5) is 12.4. The second-order valence-corrected chi connectivity index (χ2v) is 8.66. The number of fused-ring (bicyclic) bond motifs is 2. The number of nitrogens with zero attached hydrogens (tertiary/aromatic N) is 3. The maximum Gasteiger partial charge on any atom is 0.123 e. The Morgan fingerprint density at radius 2 is 1.97 bits per heavy atom. The molecule has 0 radical (unpaired) electrons. The molecule has 0 fully saturated rings. The number of hydrogen-bond acceptors (Lipinski definition) is 4. The largest absolute Gasteiger partial charge is 0.359 e. The average molecular weight is 491 g/mol. The Labute approximate surface area is 214 Å². The fourth-order valence-electron chi connectivity index (χ4n) is 4.26. The van der Waals surface area contributed by atoms with E-state index in [2.05, 4.69) is 43.6 Å². The van der Waals surface area contributed by atoms with Crippen molar-refractivity contribution < 1.29 is 4.39 Å². The van der Waals surface area contributed by atoms with Gasteiger partial charge in [-0.3, -0.25) is 15.1 Å². The van der Waals surface area contributed by atoms with Gasteiger partial charge in [-0.05, 0) is 60.9 Å². The molecule has 0 atom stereocenters. The molecule has 0 aliphatic heterocycles. The molecule has 6 nitrogen and oxygen atoms in total. The Balaban J connectivity index is 1.58. The molecule has 0 aliphatic rings. The van der Waals surface area contributed by atoms with Crippen molar-refractivity contribution in [2.24, 2.45) is 0 Å². The third-order valence-corrected chi connectivity index (χ3v) is 6.27. The lowest BCUT2D eigenvalue weighted by atomic mass is 10.0. The second kappa shape index (κ2) is 10.1. The van der Waals surface area contributed by atoms with Crippen LogP contribution in [0.2, 0.25) is 0 Å². The number of aromatic amines is 2. The van der Waals surface area contributed by atoms with Gasteiger partial charge in [0.15, 0.2) is 0 Å². The quantitative estimate of drug-likeness (QED) is 0.199. The van der Waals surface area contributed by atoms with Crippen molar-refractivity contribution in [2.75, 3.05) is 0 Å². The summed E-state index contributed by atoms with van der Waals surface area (Å²) >= 11 is 0. The number of nitrogens with one attached hydrogen (secondary N) is 3. The molecule has 4 aromatic heterocycles. The van der Waals surface area contributed by atoms with Gasteiger partial charge in [0.05, 0.1) is 34.8 Å². The summed E-state index contributed by atoms with van der Waals surface area (Å²) in [5, 5.41) is 12.8. The highest BCUT2D eigenvalue weighted by Crippen LogP contribution is 2.34. The van der Waals surface area contributed by atoms with E-state index in [4.69, 9.17) is 0 Å². The predicted octanol–water partition coefficient (Wildman–Crippen LogP) is 7.29. The summed E-state index contributed by atoms with van der Waals surface area (Å²) < 4.78 is 13.9. The van der Waals surface area contributed by atoms with Gasteiger partial charge in [0.25, 0.3) is 0 Å². The van der Waals surface area contributed by atoms with E-state index in [-0.39, 0.29) is 5.82 Å². The van der Waals surface area contributed by atoms with Crippen LogP contribution in [0.1, 0.15) is 26.0 Å². The summed E-state index contributed by atoms with van der Waals surface area (Å²) in [7, 11) is 0. The van der Waals surface area contributed by atoms with Gasteiger partial charge in [-0.15, -0.1) is 0 Å². The monoisotopic (exact) mass is 490 g/mol. The summed E-state index contributed by atoms with van der Waals surface area (Å²) in [6, 6.07) is 10.6. The van der Waals surface area contributed by atoms with Gasteiger partial charge in [0.1, 0.15) is 11.5 Å².